The van der Waals surface area contributed by atoms with Gasteiger partial charge in [0.2, 0.25) is 0 Å². The summed E-state index contributed by atoms with van der Waals surface area (Å²) in [7, 11) is 1.57. The van der Waals surface area contributed by atoms with Gasteiger partial charge in [0.25, 0.3) is 5.91 Å². The smallest absolute Gasteiger partial charge is 0.260 e. The van der Waals surface area contributed by atoms with Crippen LogP contribution < -0.4 is 14.8 Å². The van der Waals surface area contributed by atoms with Gasteiger partial charge in [-0.1, -0.05) is 12.1 Å². The van der Waals surface area contributed by atoms with Crippen LogP contribution in [0, 0.1) is 6.92 Å². The standard InChI is InChI=1S/C16H20N2O3S/c1-11(21-15-7-5-4-6-14(15)20-3)16(19)17-9-8-13-10-22-12(2)18-13/h4-7,10-11H,8-9H2,1-3H3,(H,17,19). The average Bonchev–Trinajstić information content (AvgIpc) is 2.93. The number of hydrogen-bond donors (Lipinski definition) is 1. The van der Waals surface area contributed by atoms with E-state index in [9.17, 15) is 4.79 Å². The molecule has 2 rings (SSSR count). The van der Waals surface area contributed by atoms with E-state index >= 15 is 0 Å². The summed E-state index contributed by atoms with van der Waals surface area (Å²) < 4.78 is 10.9. The summed E-state index contributed by atoms with van der Waals surface area (Å²) in [6.07, 6.45) is 0.130. The highest BCUT2D eigenvalue weighted by Crippen LogP contribution is 2.26. The Morgan fingerprint density at radius 2 is 2.09 bits per heavy atom. The molecule has 0 radical (unpaired) electrons. The zero-order valence-electron chi connectivity index (χ0n) is 13.0. The van der Waals surface area contributed by atoms with Gasteiger partial charge in [-0.3, -0.25) is 4.79 Å². The molecule has 0 aliphatic heterocycles. The molecule has 1 unspecified atom stereocenters. The van der Waals surface area contributed by atoms with Crippen molar-refractivity contribution < 1.29 is 14.3 Å². The predicted octanol–water partition coefficient (Wildman–Crippen LogP) is 2.59. The van der Waals surface area contributed by atoms with Gasteiger partial charge in [-0.25, -0.2) is 4.98 Å². The fourth-order valence-corrected chi connectivity index (χ4v) is 2.59. The summed E-state index contributed by atoms with van der Waals surface area (Å²) in [6, 6.07) is 7.27. The normalized spacial score (nSPS) is 11.8. The number of nitrogens with zero attached hydrogens (tertiary/aromatic N) is 1. The Bertz CT molecular complexity index is 627. The molecule has 1 amide bonds. The Morgan fingerprint density at radius 3 is 2.73 bits per heavy atom. The third-order valence-corrected chi connectivity index (χ3v) is 3.91. The second kappa shape index (κ2) is 7.79. The number of hydrogen-bond acceptors (Lipinski definition) is 5. The van der Waals surface area contributed by atoms with Crippen LogP contribution in [0.25, 0.3) is 0 Å². The second-order valence-electron chi connectivity index (χ2n) is 4.81. The largest absolute Gasteiger partial charge is 0.493 e. The number of para-hydroxylation sites is 2. The van der Waals surface area contributed by atoms with Crippen LogP contribution in [-0.4, -0.2) is 30.6 Å². The third-order valence-electron chi connectivity index (χ3n) is 3.09. The number of ether oxygens (including phenoxy) is 2. The SMILES string of the molecule is COc1ccccc1OC(C)C(=O)NCCc1csc(C)n1. The Balaban J connectivity index is 1.81. The summed E-state index contributed by atoms with van der Waals surface area (Å²) in [4.78, 5) is 16.4. The molecule has 1 heterocycles. The highest BCUT2D eigenvalue weighted by atomic mass is 32.1. The van der Waals surface area contributed by atoms with Crippen molar-refractivity contribution in [2.45, 2.75) is 26.4 Å². The molecule has 1 N–H and O–H groups in total. The highest BCUT2D eigenvalue weighted by molar-refractivity contribution is 7.09. The molecule has 0 fully saturated rings. The number of amides is 1. The number of aromatic nitrogens is 1. The minimum absolute atomic E-state index is 0.155. The van der Waals surface area contributed by atoms with Crippen LogP contribution in [0.4, 0.5) is 0 Å². The molecular weight excluding hydrogens is 300 g/mol. The Kier molecular flexibility index (Phi) is 5.77. The fourth-order valence-electron chi connectivity index (χ4n) is 1.94. The summed E-state index contributed by atoms with van der Waals surface area (Å²) >= 11 is 1.61. The van der Waals surface area contributed by atoms with Crippen molar-refractivity contribution >= 4 is 17.2 Å². The van der Waals surface area contributed by atoms with Crippen molar-refractivity contribution in [1.82, 2.24) is 10.3 Å². The molecule has 0 bridgehead atoms. The number of carbonyl (C=O) groups is 1. The quantitative estimate of drug-likeness (QED) is 0.852. The van der Waals surface area contributed by atoms with Gasteiger partial charge in [0, 0.05) is 18.3 Å². The van der Waals surface area contributed by atoms with Crippen molar-refractivity contribution in [3.05, 3.63) is 40.3 Å². The van der Waals surface area contributed by atoms with Gasteiger partial charge < -0.3 is 14.8 Å². The van der Waals surface area contributed by atoms with Crippen molar-refractivity contribution in [2.75, 3.05) is 13.7 Å². The maximum atomic E-state index is 12.0. The monoisotopic (exact) mass is 320 g/mol. The van der Waals surface area contributed by atoms with Gasteiger partial charge in [0.05, 0.1) is 17.8 Å². The molecule has 0 aliphatic carbocycles. The maximum absolute atomic E-state index is 12.0. The van der Waals surface area contributed by atoms with E-state index in [1.54, 1.807) is 37.5 Å². The van der Waals surface area contributed by atoms with Crippen LogP contribution in [0.3, 0.4) is 0 Å². The van der Waals surface area contributed by atoms with E-state index in [0.29, 0.717) is 18.0 Å². The van der Waals surface area contributed by atoms with E-state index < -0.39 is 6.10 Å². The van der Waals surface area contributed by atoms with Crippen LogP contribution in [0.15, 0.2) is 29.6 Å². The number of carbonyl (C=O) groups excluding carboxylic acids is 1. The van der Waals surface area contributed by atoms with Gasteiger partial charge in [0.1, 0.15) is 0 Å². The van der Waals surface area contributed by atoms with Crippen molar-refractivity contribution in [1.29, 1.82) is 0 Å². The molecular formula is C16H20N2O3S. The van der Waals surface area contributed by atoms with E-state index in [0.717, 1.165) is 17.1 Å². The topological polar surface area (TPSA) is 60.5 Å². The number of thiazole rings is 1. The van der Waals surface area contributed by atoms with E-state index in [-0.39, 0.29) is 5.91 Å². The zero-order chi connectivity index (χ0) is 15.9. The van der Waals surface area contributed by atoms with E-state index in [1.807, 2.05) is 24.4 Å². The van der Waals surface area contributed by atoms with Crippen LogP contribution >= 0.6 is 11.3 Å². The van der Waals surface area contributed by atoms with Gasteiger partial charge in [0.15, 0.2) is 17.6 Å². The van der Waals surface area contributed by atoms with Crippen LogP contribution in [0.1, 0.15) is 17.6 Å². The Morgan fingerprint density at radius 1 is 1.36 bits per heavy atom. The zero-order valence-corrected chi connectivity index (χ0v) is 13.8. The van der Waals surface area contributed by atoms with Crippen LogP contribution in [0.2, 0.25) is 0 Å². The van der Waals surface area contributed by atoms with E-state index in [4.69, 9.17) is 9.47 Å². The van der Waals surface area contributed by atoms with E-state index in [1.165, 1.54) is 0 Å². The number of methoxy groups -OCH3 is 1. The van der Waals surface area contributed by atoms with Gasteiger partial charge >= 0.3 is 0 Å². The maximum Gasteiger partial charge on any atom is 0.260 e. The second-order valence-corrected chi connectivity index (χ2v) is 5.87. The van der Waals surface area contributed by atoms with Gasteiger partial charge in [-0.2, -0.15) is 0 Å². The molecule has 1 aromatic carbocycles. The molecule has 5 nitrogen and oxygen atoms in total. The fraction of sp³-hybridized carbons (Fsp3) is 0.375. The Hall–Kier alpha value is -2.08. The Labute approximate surface area is 134 Å². The molecule has 22 heavy (non-hydrogen) atoms. The molecule has 0 saturated heterocycles. The molecule has 6 heteroatoms. The lowest BCUT2D eigenvalue weighted by Gasteiger charge is -2.16. The van der Waals surface area contributed by atoms with Gasteiger partial charge in [-0.15, -0.1) is 11.3 Å². The molecule has 0 spiro atoms. The number of benzene rings is 1. The first-order valence-electron chi connectivity index (χ1n) is 7.08. The average molecular weight is 320 g/mol. The molecule has 0 aliphatic rings. The first-order valence-corrected chi connectivity index (χ1v) is 7.96. The van der Waals surface area contributed by atoms with Crippen molar-refractivity contribution in [3.8, 4) is 11.5 Å². The summed E-state index contributed by atoms with van der Waals surface area (Å²) in [5.74, 6) is 1.01. The van der Waals surface area contributed by atoms with Crippen molar-refractivity contribution in [2.24, 2.45) is 0 Å². The summed E-state index contributed by atoms with van der Waals surface area (Å²) in [5, 5.41) is 5.90. The third kappa shape index (κ3) is 4.46. The highest BCUT2D eigenvalue weighted by Gasteiger charge is 2.16. The molecule has 0 saturated carbocycles. The lowest BCUT2D eigenvalue weighted by Crippen LogP contribution is -2.37. The molecule has 2 aromatic rings. The number of nitrogens with one attached hydrogen (secondary N) is 1. The first kappa shape index (κ1) is 16.3. The lowest BCUT2D eigenvalue weighted by atomic mass is 10.3. The lowest BCUT2D eigenvalue weighted by molar-refractivity contribution is -0.127. The summed E-state index contributed by atoms with van der Waals surface area (Å²) in [6.45, 7) is 4.23. The minimum atomic E-state index is -0.589. The predicted molar refractivity (Wildman–Crippen MR) is 86.6 cm³/mol. The number of aryl methyl sites for hydroxylation is 1. The van der Waals surface area contributed by atoms with Gasteiger partial charge in [-0.05, 0) is 26.0 Å². The minimum Gasteiger partial charge on any atom is -0.493 e. The van der Waals surface area contributed by atoms with E-state index in [2.05, 4.69) is 10.3 Å². The molecule has 118 valence electrons. The first-order chi connectivity index (χ1) is 10.6. The number of rotatable bonds is 7. The van der Waals surface area contributed by atoms with Crippen molar-refractivity contribution in [3.63, 3.8) is 0 Å². The molecule has 1 atom stereocenters. The summed E-state index contributed by atoms with van der Waals surface area (Å²) in [5.41, 5.74) is 1.00. The van der Waals surface area contributed by atoms with Crippen LogP contribution in [0.5, 0.6) is 11.5 Å². The van der Waals surface area contributed by atoms with Crippen LogP contribution in [-0.2, 0) is 11.2 Å². The molecule has 1 aromatic heterocycles.